The Morgan fingerprint density at radius 2 is 1.27 bits per heavy atom. The van der Waals surface area contributed by atoms with Crippen molar-refractivity contribution in [3.05, 3.63) is 0 Å². The molecule has 0 saturated heterocycles. The van der Waals surface area contributed by atoms with Gasteiger partial charge in [-0.05, 0) is 44.7 Å². The molecule has 2 heteroatoms. The second-order valence-corrected chi connectivity index (χ2v) is 5.51. The van der Waals surface area contributed by atoms with Gasteiger partial charge >= 0.3 is 0 Å². The van der Waals surface area contributed by atoms with Crippen LogP contribution in [-0.2, 0) is 0 Å². The summed E-state index contributed by atoms with van der Waals surface area (Å²) >= 11 is 0. The van der Waals surface area contributed by atoms with Crippen LogP contribution in [0.2, 0.25) is 0 Å². The topological polar surface area (TPSA) is 23.5 Å². The maximum absolute atomic E-state index is 9.41. The molecule has 0 rings (SSSR count). The molecular formula is C13H29NO. The van der Waals surface area contributed by atoms with E-state index >= 15 is 0 Å². The van der Waals surface area contributed by atoms with Crippen molar-refractivity contribution in [2.24, 2.45) is 11.8 Å². The summed E-state index contributed by atoms with van der Waals surface area (Å²) in [5.41, 5.74) is 0. The third kappa shape index (κ3) is 10.2. The quantitative estimate of drug-likeness (QED) is 0.673. The molecule has 15 heavy (non-hydrogen) atoms. The van der Waals surface area contributed by atoms with Crippen LogP contribution in [-0.4, -0.2) is 35.7 Å². The minimum absolute atomic E-state index is 0.204. The van der Waals surface area contributed by atoms with Crippen LogP contribution in [0.25, 0.3) is 0 Å². The lowest BCUT2D eigenvalue weighted by Gasteiger charge is -2.25. The Hall–Kier alpha value is -0.0800. The van der Waals surface area contributed by atoms with E-state index in [0.717, 1.165) is 31.5 Å². The zero-order valence-corrected chi connectivity index (χ0v) is 11.2. The van der Waals surface area contributed by atoms with Crippen LogP contribution in [0.4, 0.5) is 0 Å². The first-order chi connectivity index (χ1) is 6.91. The van der Waals surface area contributed by atoms with Crippen LogP contribution >= 0.6 is 0 Å². The molecule has 0 aromatic carbocycles. The first kappa shape index (κ1) is 14.9. The van der Waals surface area contributed by atoms with Gasteiger partial charge < -0.3 is 10.0 Å². The summed E-state index contributed by atoms with van der Waals surface area (Å²) in [6, 6.07) is 0. The third-order valence-corrected chi connectivity index (χ3v) is 2.57. The Labute approximate surface area is 95.7 Å². The van der Waals surface area contributed by atoms with E-state index in [1.807, 2.05) is 6.92 Å². The molecule has 92 valence electrons. The van der Waals surface area contributed by atoms with Gasteiger partial charge in [0.2, 0.25) is 0 Å². The zero-order chi connectivity index (χ0) is 11.8. The van der Waals surface area contributed by atoms with Gasteiger partial charge in [0.25, 0.3) is 0 Å². The molecule has 1 atom stereocenters. The molecule has 0 fully saturated rings. The average molecular weight is 215 g/mol. The minimum atomic E-state index is -0.204. The predicted molar refractivity (Wildman–Crippen MR) is 67.0 cm³/mol. The molecule has 0 saturated carbocycles. The van der Waals surface area contributed by atoms with Crippen LogP contribution in [0.15, 0.2) is 0 Å². The highest BCUT2D eigenvalue weighted by atomic mass is 16.3. The van der Waals surface area contributed by atoms with Gasteiger partial charge in [-0.3, -0.25) is 0 Å². The van der Waals surface area contributed by atoms with Crippen molar-refractivity contribution in [1.82, 2.24) is 4.90 Å². The summed E-state index contributed by atoms with van der Waals surface area (Å²) < 4.78 is 0. The van der Waals surface area contributed by atoms with Gasteiger partial charge in [-0.2, -0.15) is 0 Å². The largest absolute Gasteiger partial charge is 0.392 e. The van der Waals surface area contributed by atoms with Gasteiger partial charge in [0.15, 0.2) is 0 Å². The van der Waals surface area contributed by atoms with E-state index < -0.39 is 0 Å². The molecule has 0 aromatic heterocycles. The molecule has 0 bridgehead atoms. The van der Waals surface area contributed by atoms with E-state index in [9.17, 15) is 5.11 Å². The maximum atomic E-state index is 9.41. The van der Waals surface area contributed by atoms with E-state index in [1.54, 1.807) is 0 Å². The summed E-state index contributed by atoms with van der Waals surface area (Å²) in [6.07, 6.45) is 2.25. The number of aliphatic hydroxyl groups is 1. The van der Waals surface area contributed by atoms with Gasteiger partial charge in [0, 0.05) is 6.54 Å². The average Bonchev–Trinajstić information content (AvgIpc) is 2.08. The Morgan fingerprint density at radius 1 is 0.867 bits per heavy atom. The molecule has 0 amide bonds. The van der Waals surface area contributed by atoms with Crippen molar-refractivity contribution in [2.75, 3.05) is 19.6 Å². The fourth-order valence-corrected chi connectivity index (χ4v) is 1.55. The second-order valence-electron chi connectivity index (χ2n) is 5.51. The highest BCUT2D eigenvalue weighted by Gasteiger charge is 2.09. The molecule has 2 nitrogen and oxygen atoms in total. The van der Waals surface area contributed by atoms with Crippen molar-refractivity contribution < 1.29 is 5.11 Å². The Morgan fingerprint density at radius 3 is 1.53 bits per heavy atom. The normalized spacial score (nSPS) is 14.2. The summed E-state index contributed by atoms with van der Waals surface area (Å²) in [7, 11) is 0. The molecular weight excluding hydrogens is 186 g/mol. The highest BCUT2D eigenvalue weighted by Crippen LogP contribution is 2.07. The van der Waals surface area contributed by atoms with Gasteiger partial charge in [0.05, 0.1) is 6.10 Å². The Bertz CT molecular complexity index is 131. The lowest BCUT2D eigenvalue weighted by molar-refractivity contribution is 0.120. The Kier molecular flexibility index (Phi) is 8.07. The first-order valence-electron chi connectivity index (χ1n) is 6.32. The molecule has 0 radical (unpaired) electrons. The monoisotopic (exact) mass is 215 g/mol. The molecule has 0 aliphatic rings. The summed E-state index contributed by atoms with van der Waals surface area (Å²) in [5, 5.41) is 9.41. The van der Waals surface area contributed by atoms with E-state index in [-0.39, 0.29) is 6.10 Å². The number of rotatable bonds is 8. The molecule has 0 heterocycles. The highest BCUT2D eigenvalue weighted by molar-refractivity contribution is 4.63. The van der Waals surface area contributed by atoms with Crippen LogP contribution < -0.4 is 0 Å². The summed E-state index contributed by atoms with van der Waals surface area (Å²) in [4.78, 5) is 2.39. The molecule has 0 unspecified atom stereocenters. The third-order valence-electron chi connectivity index (χ3n) is 2.57. The predicted octanol–water partition coefficient (Wildman–Crippen LogP) is 2.76. The van der Waals surface area contributed by atoms with Gasteiger partial charge in [-0.15, -0.1) is 0 Å². The van der Waals surface area contributed by atoms with E-state index in [2.05, 4.69) is 32.6 Å². The van der Waals surface area contributed by atoms with Crippen molar-refractivity contribution in [3.63, 3.8) is 0 Å². The summed E-state index contributed by atoms with van der Waals surface area (Å²) in [6.45, 7) is 13.9. The molecule has 0 aliphatic carbocycles. The lowest BCUT2D eigenvalue weighted by atomic mass is 10.1. The summed E-state index contributed by atoms with van der Waals surface area (Å²) in [5.74, 6) is 1.50. The van der Waals surface area contributed by atoms with Gasteiger partial charge in [0.1, 0.15) is 0 Å². The van der Waals surface area contributed by atoms with Crippen LogP contribution in [0.1, 0.15) is 47.5 Å². The van der Waals surface area contributed by atoms with Crippen LogP contribution in [0.5, 0.6) is 0 Å². The minimum Gasteiger partial charge on any atom is -0.392 e. The van der Waals surface area contributed by atoms with Gasteiger partial charge in [-0.25, -0.2) is 0 Å². The number of nitrogens with zero attached hydrogens (tertiary/aromatic N) is 1. The van der Waals surface area contributed by atoms with E-state index in [4.69, 9.17) is 0 Å². The first-order valence-corrected chi connectivity index (χ1v) is 6.32. The van der Waals surface area contributed by atoms with E-state index in [1.165, 1.54) is 12.8 Å². The standard InChI is InChI=1S/C13H29NO/c1-11(2)6-8-14(10-13(5)15)9-7-12(3)4/h11-13,15H,6-10H2,1-5H3/t13-/m1/s1. The van der Waals surface area contributed by atoms with Crippen LogP contribution in [0.3, 0.4) is 0 Å². The van der Waals surface area contributed by atoms with Crippen molar-refractivity contribution in [1.29, 1.82) is 0 Å². The van der Waals surface area contributed by atoms with Crippen molar-refractivity contribution in [3.8, 4) is 0 Å². The number of hydrogen-bond donors (Lipinski definition) is 1. The number of hydrogen-bond acceptors (Lipinski definition) is 2. The number of aliphatic hydroxyl groups excluding tert-OH is 1. The van der Waals surface area contributed by atoms with Crippen molar-refractivity contribution >= 4 is 0 Å². The lowest BCUT2D eigenvalue weighted by Crippen LogP contribution is -2.33. The Balaban J connectivity index is 3.84. The fraction of sp³-hybridized carbons (Fsp3) is 1.00. The maximum Gasteiger partial charge on any atom is 0.0639 e. The van der Waals surface area contributed by atoms with Crippen molar-refractivity contribution in [2.45, 2.75) is 53.6 Å². The van der Waals surface area contributed by atoms with Crippen LogP contribution in [0, 0.1) is 11.8 Å². The zero-order valence-electron chi connectivity index (χ0n) is 11.2. The second kappa shape index (κ2) is 8.12. The molecule has 0 aliphatic heterocycles. The smallest absolute Gasteiger partial charge is 0.0639 e. The van der Waals surface area contributed by atoms with E-state index in [0.29, 0.717) is 0 Å². The molecule has 1 N–H and O–H groups in total. The fourth-order valence-electron chi connectivity index (χ4n) is 1.55. The van der Waals surface area contributed by atoms with Gasteiger partial charge in [-0.1, -0.05) is 27.7 Å². The molecule has 0 spiro atoms. The molecule has 0 aromatic rings. The SMILES string of the molecule is CC(C)CCN(CCC(C)C)C[C@@H](C)O.